The number of hydrogen-bond donors (Lipinski definition) is 1. The van der Waals surface area contributed by atoms with E-state index in [0.717, 1.165) is 0 Å². The molecule has 2 rings (SSSR count). The molecule has 1 aromatic carbocycles. The molecule has 0 spiro atoms. The number of carbonyl (C=O) groups excluding carboxylic acids is 2. The number of hydrogen-bond acceptors (Lipinski definition) is 3. The molecule has 138 valence electrons. The predicted molar refractivity (Wildman–Crippen MR) is 89.2 cm³/mol. The quantitative estimate of drug-likeness (QED) is 0.818. The summed E-state index contributed by atoms with van der Waals surface area (Å²) in [4.78, 5) is 26.2. The van der Waals surface area contributed by atoms with Crippen LogP contribution in [0.1, 0.15) is 45.2 Å². The molecule has 0 bridgehead atoms. The Morgan fingerprint density at radius 2 is 2.04 bits per heavy atom. The fourth-order valence-electron chi connectivity index (χ4n) is 3.07. The van der Waals surface area contributed by atoms with Crippen LogP contribution < -0.4 is 10.1 Å². The van der Waals surface area contributed by atoms with Crippen molar-refractivity contribution in [1.82, 2.24) is 10.2 Å². The minimum Gasteiger partial charge on any atom is -0.434 e. The summed E-state index contributed by atoms with van der Waals surface area (Å²) < 4.78 is 29.7. The van der Waals surface area contributed by atoms with E-state index in [0.29, 0.717) is 18.5 Å². The number of amides is 2. The molecule has 2 unspecified atom stereocenters. The molecule has 0 aliphatic carbocycles. The molecule has 1 N–H and O–H groups in total. The highest BCUT2D eigenvalue weighted by Crippen LogP contribution is 2.29. The maximum absolute atomic E-state index is 12.6. The van der Waals surface area contributed by atoms with Gasteiger partial charge in [0.2, 0.25) is 11.8 Å². The first-order valence-corrected chi connectivity index (χ1v) is 8.47. The van der Waals surface area contributed by atoms with E-state index in [-0.39, 0.29) is 30.0 Å². The van der Waals surface area contributed by atoms with Gasteiger partial charge in [0, 0.05) is 24.6 Å². The van der Waals surface area contributed by atoms with Crippen molar-refractivity contribution in [2.45, 2.75) is 52.3 Å². The van der Waals surface area contributed by atoms with Gasteiger partial charge < -0.3 is 15.0 Å². The van der Waals surface area contributed by atoms with E-state index < -0.39 is 18.6 Å². The average molecular weight is 354 g/mol. The lowest BCUT2D eigenvalue weighted by Gasteiger charge is -2.23. The smallest absolute Gasteiger partial charge is 0.387 e. The summed E-state index contributed by atoms with van der Waals surface area (Å²) in [7, 11) is 0. The van der Waals surface area contributed by atoms with Crippen LogP contribution in [-0.4, -0.2) is 35.9 Å². The minimum atomic E-state index is -2.93. The van der Waals surface area contributed by atoms with Crippen molar-refractivity contribution in [1.29, 1.82) is 0 Å². The van der Waals surface area contributed by atoms with Crippen LogP contribution in [0.25, 0.3) is 0 Å². The highest BCUT2D eigenvalue weighted by Gasteiger charge is 2.36. The highest BCUT2D eigenvalue weighted by molar-refractivity contribution is 5.89. The van der Waals surface area contributed by atoms with Crippen LogP contribution in [0.3, 0.4) is 0 Å². The SMILES string of the molecule is CCC(NC(=O)C1CC(=O)N(C(C)C)C1)c1ccccc1OC(F)F. The van der Waals surface area contributed by atoms with Crippen LogP contribution in [0.4, 0.5) is 8.78 Å². The average Bonchev–Trinajstić information content (AvgIpc) is 2.95. The Hall–Kier alpha value is -2.18. The second-order valence-electron chi connectivity index (χ2n) is 6.43. The minimum absolute atomic E-state index is 0.0374. The van der Waals surface area contributed by atoms with E-state index in [2.05, 4.69) is 10.1 Å². The Morgan fingerprint density at radius 1 is 1.36 bits per heavy atom. The van der Waals surface area contributed by atoms with E-state index in [1.54, 1.807) is 23.1 Å². The van der Waals surface area contributed by atoms with Gasteiger partial charge in [-0.1, -0.05) is 25.1 Å². The molecule has 1 saturated heterocycles. The Bertz CT molecular complexity index is 622. The van der Waals surface area contributed by atoms with Crippen LogP contribution in [-0.2, 0) is 9.59 Å². The zero-order valence-electron chi connectivity index (χ0n) is 14.7. The number of rotatable bonds is 7. The van der Waals surface area contributed by atoms with Crippen molar-refractivity contribution in [3.05, 3.63) is 29.8 Å². The number of nitrogens with zero attached hydrogens (tertiary/aromatic N) is 1. The van der Waals surface area contributed by atoms with Crippen molar-refractivity contribution in [3.8, 4) is 5.75 Å². The van der Waals surface area contributed by atoms with Crippen LogP contribution in [0, 0.1) is 5.92 Å². The summed E-state index contributed by atoms with van der Waals surface area (Å²) in [5.41, 5.74) is 0.503. The maximum atomic E-state index is 12.6. The first-order chi connectivity index (χ1) is 11.8. The number of benzene rings is 1. The Kier molecular flexibility index (Phi) is 6.33. The van der Waals surface area contributed by atoms with Crippen molar-refractivity contribution in [2.75, 3.05) is 6.54 Å². The van der Waals surface area contributed by atoms with Gasteiger partial charge >= 0.3 is 6.61 Å². The standard InChI is InChI=1S/C18H24F2N2O3/c1-4-14(13-7-5-6-8-15(13)25-18(19)20)21-17(24)12-9-16(23)22(10-12)11(2)3/h5-8,11-12,14,18H,4,9-10H2,1-3H3,(H,21,24). The number of likely N-dealkylation sites (tertiary alicyclic amines) is 1. The summed E-state index contributed by atoms with van der Waals surface area (Å²) in [5, 5.41) is 2.88. The molecule has 1 fully saturated rings. The van der Waals surface area contributed by atoms with Crippen LogP contribution in [0.2, 0.25) is 0 Å². The Labute approximate surface area is 146 Å². The monoisotopic (exact) mass is 354 g/mol. The predicted octanol–water partition coefficient (Wildman–Crippen LogP) is 3.11. The van der Waals surface area contributed by atoms with E-state index in [1.807, 2.05) is 20.8 Å². The molecule has 2 atom stereocenters. The van der Waals surface area contributed by atoms with Gasteiger partial charge in [-0.25, -0.2) is 0 Å². The third-order valence-corrected chi connectivity index (χ3v) is 4.39. The van der Waals surface area contributed by atoms with Crippen molar-refractivity contribution >= 4 is 11.8 Å². The summed E-state index contributed by atoms with van der Waals surface area (Å²) in [6, 6.07) is 6.02. The summed E-state index contributed by atoms with van der Waals surface area (Å²) >= 11 is 0. The van der Waals surface area contributed by atoms with Gasteiger partial charge in [0.05, 0.1) is 12.0 Å². The fourth-order valence-corrected chi connectivity index (χ4v) is 3.07. The molecule has 25 heavy (non-hydrogen) atoms. The van der Waals surface area contributed by atoms with E-state index in [1.165, 1.54) is 6.07 Å². The van der Waals surface area contributed by atoms with Crippen LogP contribution >= 0.6 is 0 Å². The maximum Gasteiger partial charge on any atom is 0.387 e. The third kappa shape index (κ3) is 4.67. The molecule has 2 amide bonds. The third-order valence-electron chi connectivity index (χ3n) is 4.39. The van der Waals surface area contributed by atoms with Gasteiger partial charge in [0.25, 0.3) is 0 Å². The van der Waals surface area contributed by atoms with Crippen LogP contribution in [0.5, 0.6) is 5.75 Å². The fraction of sp³-hybridized carbons (Fsp3) is 0.556. The topological polar surface area (TPSA) is 58.6 Å². The largest absolute Gasteiger partial charge is 0.434 e. The van der Waals surface area contributed by atoms with Gasteiger partial charge in [-0.3, -0.25) is 9.59 Å². The second-order valence-corrected chi connectivity index (χ2v) is 6.43. The van der Waals surface area contributed by atoms with E-state index in [9.17, 15) is 18.4 Å². The van der Waals surface area contributed by atoms with E-state index >= 15 is 0 Å². The van der Waals surface area contributed by atoms with Crippen LogP contribution in [0.15, 0.2) is 24.3 Å². The van der Waals surface area contributed by atoms with Crippen molar-refractivity contribution < 1.29 is 23.1 Å². The molecule has 0 radical (unpaired) electrons. The molecule has 1 aliphatic heterocycles. The molecule has 1 aromatic rings. The lowest BCUT2D eigenvalue weighted by atomic mass is 10.0. The molecule has 7 heteroatoms. The first-order valence-electron chi connectivity index (χ1n) is 8.47. The normalized spacial score (nSPS) is 18.8. The molecular weight excluding hydrogens is 330 g/mol. The number of alkyl halides is 2. The zero-order chi connectivity index (χ0) is 18.6. The highest BCUT2D eigenvalue weighted by atomic mass is 19.3. The number of nitrogens with one attached hydrogen (secondary N) is 1. The number of carbonyl (C=O) groups is 2. The van der Waals surface area contributed by atoms with Gasteiger partial charge in [-0.15, -0.1) is 0 Å². The summed E-state index contributed by atoms with van der Waals surface area (Å²) in [6.07, 6.45) is 0.694. The lowest BCUT2D eigenvalue weighted by Crippen LogP contribution is -2.37. The van der Waals surface area contributed by atoms with Crippen molar-refractivity contribution in [2.24, 2.45) is 5.92 Å². The summed E-state index contributed by atoms with van der Waals surface area (Å²) in [5.74, 6) is -0.650. The lowest BCUT2D eigenvalue weighted by molar-refractivity contribution is -0.130. The Morgan fingerprint density at radius 3 is 2.60 bits per heavy atom. The molecule has 0 aromatic heterocycles. The number of ether oxygens (including phenoxy) is 1. The number of halogens is 2. The van der Waals surface area contributed by atoms with Crippen molar-refractivity contribution in [3.63, 3.8) is 0 Å². The molecular formula is C18H24F2N2O3. The molecule has 1 aliphatic rings. The Balaban J connectivity index is 2.10. The number of para-hydroxylation sites is 1. The molecule has 0 saturated carbocycles. The summed E-state index contributed by atoms with van der Waals surface area (Å²) in [6.45, 7) is 3.12. The molecule has 5 nitrogen and oxygen atoms in total. The van der Waals surface area contributed by atoms with E-state index in [4.69, 9.17) is 0 Å². The second kappa shape index (κ2) is 8.27. The zero-order valence-corrected chi connectivity index (χ0v) is 14.7. The van der Waals surface area contributed by atoms with Gasteiger partial charge in [-0.05, 0) is 26.3 Å². The van der Waals surface area contributed by atoms with Gasteiger partial charge in [0.15, 0.2) is 0 Å². The van der Waals surface area contributed by atoms with Gasteiger partial charge in [-0.2, -0.15) is 8.78 Å². The van der Waals surface area contributed by atoms with Gasteiger partial charge in [0.1, 0.15) is 5.75 Å². The molecule has 1 heterocycles. The first kappa shape index (κ1) is 19.1.